The van der Waals surface area contributed by atoms with Gasteiger partial charge in [0.15, 0.2) is 0 Å². The third-order valence-corrected chi connectivity index (χ3v) is 16.8. The second-order valence-corrected chi connectivity index (χ2v) is 22.6. The van der Waals surface area contributed by atoms with Crippen LogP contribution < -0.4 is 47.4 Å². The van der Waals surface area contributed by atoms with Crippen molar-refractivity contribution >= 4 is 78.7 Å². The van der Waals surface area contributed by atoms with Crippen molar-refractivity contribution in [2.45, 2.75) is 38.8 Å². The van der Waals surface area contributed by atoms with Crippen molar-refractivity contribution in [3.63, 3.8) is 0 Å². The Morgan fingerprint density at radius 2 is 0.612 bits per heavy atom. The Morgan fingerprint density at radius 3 is 0.867 bits per heavy atom. The molecular formula is C76H62N2O20. The maximum absolute atomic E-state index is 16.2. The monoisotopic (exact) mass is 1320 g/mol. The Bertz CT molecular complexity index is 4440. The smallest absolute Gasteiger partial charge is 0.334 e. The molecule has 2 heterocycles. The van der Waals surface area contributed by atoms with E-state index in [9.17, 15) is 19.8 Å². The summed E-state index contributed by atoms with van der Waals surface area (Å²) in [4.78, 5) is 96.0. The lowest BCUT2D eigenvalue weighted by atomic mass is 9.80. The Morgan fingerprint density at radius 1 is 0.347 bits per heavy atom. The Balaban J connectivity index is 1.19. The van der Waals surface area contributed by atoms with Crippen LogP contribution >= 0.6 is 0 Å². The van der Waals surface area contributed by atoms with E-state index in [0.717, 1.165) is 9.80 Å². The quantitative estimate of drug-likeness (QED) is 0.0127. The van der Waals surface area contributed by atoms with Crippen molar-refractivity contribution in [2.24, 2.45) is 0 Å². The molecule has 11 aromatic carbocycles. The molecule has 0 saturated heterocycles. The summed E-state index contributed by atoms with van der Waals surface area (Å²) >= 11 is 0. The number of aromatic hydroxyl groups is 2. The Hall–Kier alpha value is -12.1. The standard InChI is InChI=1S/C76H62N2O20/c1-7-91-31-29-57(75(85)97-43-25-21-41(79)22-26-43)77-71(81)53-37-59(93-49-17-9-13-45(33-49)87-3)65-67-61(95-51-19-11-15-47(35-51)89-5)39-55-64-56(74(84)78(73(55)83)58(30-32-92-8-2)76(86)98-44-27-23-42(80)24-28-44)40-62(96-52-20-12-16-48(36-52)90-6)68(70(64)67)66-60(38-54(72(77)82)63(53)69(65)66)94-50-18-10-14-46(34-50)88-4/h9-28,33-40,57-58,79-80H,7-8,29-32H2,1-6H3. The number of carbonyl (C=O) groups is 6. The average Bonchev–Trinajstić information content (AvgIpc) is 0.672. The van der Waals surface area contributed by atoms with Crippen LogP contribution in [0.2, 0.25) is 0 Å². The first kappa shape index (κ1) is 64.6. The second-order valence-electron chi connectivity index (χ2n) is 22.6. The summed E-state index contributed by atoms with van der Waals surface area (Å²) < 4.78 is 74.6. The molecule has 2 N–H and O–H groups in total. The molecular weight excluding hydrogens is 1260 g/mol. The summed E-state index contributed by atoms with van der Waals surface area (Å²) in [6.45, 7) is 3.75. The number of phenols is 2. The highest BCUT2D eigenvalue weighted by atomic mass is 16.5. The highest BCUT2D eigenvalue weighted by Crippen LogP contribution is 2.58. The van der Waals surface area contributed by atoms with Crippen molar-refractivity contribution < 1.29 is 95.8 Å². The summed E-state index contributed by atoms with van der Waals surface area (Å²) in [5.74, 6) is -3.97. The van der Waals surface area contributed by atoms with E-state index in [2.05, 4.69) is 0 Å². The molecule has 0 aliphatic carbocycles. The van der Waals surface area contributed by atoms with Gasteiger partial charge < -0.3 is 67.1 Å². The van der Waals surface area contributed by atoms with Crippen LogP contribution in [0.1, 0.15) is 68.1 Å². The topological polar surface area (TPSA) is 260 Å². The first-order valence-electron chi connectivity index (χ1n) is 31.2. The number of hydrogen-bond acceptors (Lipinski definition) is 20. The van der Waals surface area contributed by atoms with E-state index in [1.54, 1.807) is 111 Å². The van der Waals surface area contributed by atoms with Gasteiger partial charge in [0.05, 0.1) is 50.7 Å². The van der Waals surface area contributed by atoms with Gasteiger partial charge in [-0.15, -0.1) is 0 Å². The van der Waals surface area contributed by atoms with Crippen molar-refractivity contribution in [1.82, 2.24) is 9.80 Å². The molecule has 4 amide bonds. The number of phenolic OH excluding ortho intramolecular Hbond substituents is 2. The molecule has 0 radical (unpaired) electrons. The van der Waals surface area contributed by atoms with Crippen LogP contribution in [-0.4, -0.2) is 123 Å². The molecule has 2 aliphatic rings. The van der Waals surface area contributed by atoms with Crippen LogP contribution in [0.3, 0.4) is 0 Å². The summed E-state index contributed by atoms with van der Waals surface area (Å²) in [6.07, 6.45) is -0.455. The number of benzene rings is 11. The van der Waals surface area contributed by atoms with E-state index in [1.807, 2.05) is 0 Å². The number of nitrogens with zero attached hydrogens (tertiary/aromatic N) is 2. The van der Waals surface area contributed by atoms with Crippen LogP contribution in [0, 0.1) is 0 Å². The number of ether oxygens (including phenoxy) is 12. The average molecular weight is 1320 g/mol. The fourth-order valence-corrected chi connectivity index (χ4v) is 12.4. The summed E-state index contributed by atoms with van der Waals surface area (Å²) in [7, 11) is 5.92. The summed E-state index contributed by atoms with van der Waals surface area (Å²) in [5.41, 5.74) is -0.548. The van der Waals surface area contributed by atoms with E-state index in [4.69, 9.17) is 56.8 Å². The maximum atomic E-state index is 16.2. The third kappa shape index (κ3) is 12.1. The molecule has 13 rings (SSSR count). The van der Waals surface area contributed by atoms with Crippen molar-refractivity contribution in [1.29, 1.82) is 0 Å². The fraction of sp³-hybridized carbons (Fsp3) is 0.184. The van der Waals surface area contributed by atoms with E-state index in [0.29, 0.717) is 23.0 Å². The normalized spacial score (nSPS) is 13.2. The van der Waals surface area contributed by atoms with Crippen LogP contribution in [0.5, 0.6) is 92.0 Å². The van der Waals surface area contributed by atoms with Gasteiger partial charge in [0.2, 0.25) is 0 Å². The highest BCUT2D eigenvalue weighted by Gasteiger charge is 2.47. The lowest BCUT2D eigenvalue weighted by Gasteiger charge is -2.35. The zero-order valence-electron chi connectivity index (χ0n) is 53.7. The van der Waals surface area contributed by atoms with Gasteiger partial charge in [0.25, 0.3) is 23.6 Å². The van der Waals surface area contributed by atoms with E-state index in [-0.39, 0.29) is 174 Å². The van der Waals surface area contributed by atoms with Crippen molar-refractivity contribution in [3.05, 3.63) is 192 Å². The van der Waals surface area contributed by atoms with Crippen LogP contribution in [-0.2, 0) is 19.1 Å². The van der Waals surface area contributed by atoms with Gasteiger partial charge in [-0.05, 0) is 135 Å². The molecule has 2 atom stereocenters. The van der Waals surface area contributed by atoms with Gasteiger partial charge in [-0.1, -0.05) is 24.3 Å². The molecule has 0 fully saturated rings. The number of carbonyl (C=O) groups excluding carboxylic acids is 6. The zero-order valence-corrected chi connectivity index (χ0v) is 53.7. The number of amides is 4. The lowest BCUT2D eigenvalue weighted by Crippen LogP contribution is -2.52. The van der Waals surface area contributed by atoms with Crippen molar-refractivity contribution in [2.75, 3.05) is 54.9 Å². The lowest BCUT2D eigenvalue weighted by molar-refractivity contribution is -0.140. The Labute approximate surface area is 559 Å². The van der Waals surface area contributed by atoms with Gasteiger partial charge in [0.1, 0.15) is 104 Å². The molecule has 11 aromatic rings. The van der Waals surface area contributed by atoms with Crippen LogP contribution in [0.25, 0.3) is 43.1 Å². The first-order valence-corrected chi connectivity index (χ1v) is 31.2. The summed E-state index contributed by atoms with van der Waals surface area (Å²) in [6, 6.07) is 39.8. The predicted octanol–water partition coefficient (Wildman–Crippen LogP) is 14.3. The van der Waals surface area contributed by atoms with Crippen molar-refractivity contribution in [3.8, 4) is 92.0 Å². The number of hydrogen-bond donors (Lipinski definition) is 2. The second kappa shape index (κ2) is 27.3. The minimum absolute atomic E-state index is 0.0105. The van der Waals surface area contributed by atoms with Crippen LogP contribution in [0.4, 0.5) is 0 Å². The molecule has 0 aromatic heterocycles. The molecule has 0 bridgehead atoms. The van der Waals surface area contributed by atoms with E-state index < -0.39 is 47.7 Å². The van der Waals surface area contributed by atoms with Gasteiger partial charge in [-0.2, -0.15) is 0 Å². The molecule has 0 saturated carbocycles. The minimum Gasteiger partial charge on any atom is -0.508 e. The molecule has 0 spiro atoms. The number of methoxy groups -OCH3 is 4. The number of rotatable bonds is 26. The Kier molecular flexibility index (Phi) is 18.0. The van der Waals surface area contributed by atoms with Gasteiger partial charge >= 0.3 is 11.9 Å². The molecule has 496 valence electrons. The predicted molar refractivity (Wildman–Crippen MR) is 358 cm³/mol. The van der Waals surface area contributed by atoms with Gasteiger partial charge in [-0.25, -0.2) is 9.59 Å². The molecule has 2 unspecified atom stereocenters. The molecule has 98 heavy (non-hydrogen) atoms. The fourth-order valence-electron chi connectivity index (χ4n) is 12.4. The third-order valence-electron chi connectivity index (χ3n) is 16.8. The minimum atomic E-state index is -1.64. The maximum Gasteiger partial charge on any atom is 0.334 e. The van der Waals surface area contributed by atoms with E-state index in [1.165, 1.54) is 101 Å². The molecule has 22 heteroatoms. The first-order chi connectivity index (χ1) is 47.6. The van der Waals surface area contributed by atoms with Gasteiger partial charge in [-0.3, -0.25) is 29.0 Å². The number of fused-ring (bicyclic) bond motifs is 2. The molecule has 2 aliphatic heterocycles. The van der Waals surface area contributed by atoms with Gasteiger partial charge in [0, 0.05) is 107 Å². The highest BCUT2D eigenvalue weighted by molar-refractivity contribution is 6.45. The zero-order chi connectivity index (χ0) is 68.5. The van der Waals surface area contributed by atoms with Crippen LogP contribution in [0.15, 0.2) is 170 Å². The SMILES string of the molecule is CCOCCC(C(=O)Oc1ccc(O)cc1)N1C(=O)c2cc(Oc3cccc(OC)c3)c3c4c(Oc5cccc(OC)c5)cc5c6c(cc(Oc7cccc(OC)c7)c(c7c(Oc8cccc(OC)c8)cc(c2c37)C1=O)c64)C(=O)N(C(CCOCC)C(=O)Oc1ccc(O)cc1)C5=O. The largest absolute Gasteiger partial charge is 0.508 e. The van der Waals surface area contributed by atoms with E-state index >= 15 is 19.2 Å². The number of imide groups is 2. The summed E-state index contributed by atoms with van der Waals surface area (Å²) in [5, 5.41) is 21.2. The number of esters is 2. The molecule has 22 nitrogen and oxygen atoms in total.